The van der Waals surface area contributed by atoms with Crippen LogP contribution in [0, 0.1) is 0 Å². The van der Waals surface area contributed by atoms with Crippen LogP contribution in [0.5, 0.6) is 0 Å². The Morgan fingerprint density at radius 1 is 1.30 bits per heavy atom. The fourth-order valence-electron chi connectivity index (χ4n) is 3.75. The number of nitrogens with zero attached hydrogens (tertiary/aromatic N) is 5. The second-order valence-electron chi connectivity index (χ2n) is 7.25. The van der Waals surface area contributed by atoms with Gasteiger partial charge in [-0.15, -0.1) is 0 Å². The first kappa shape index (κ1) is 19.3. The van der Waals surface area contributed by atoms with Crippen LogP contribution < -0.4 is 5.32 Å². The molecular weight excluding hydrogens is 340 g/mol. The van der Waals surface area contributed by atoms with E-state index >= 15 is 0 Å². The van der Waals surface area contributed by atoms with Crippen molar-refractivity contribution in [3.63, 3.8) is 0 Å². The molecule has 7 nitrogen and oxygen atoms in total. The SMILES string of the molecule is CCCn1ncnc1[C@@H](C)NC(=O)N(Cc1ccccn1)C1CCCCC1. The Labute approximate surface area is 161 Å². The van der Waals surface area contributed by atoms with Gasteiger partial charge in [-0.25, -0.2) is 14.5 Å². The number of aromatic nitrogens is 4. The third-order valence-corrected chi connectivity index (χ3v) is 5.14. The van der Waals surface area contributed by atoms with Crippen LogP contribution in [0.15, 0.2) is 30.7 Å². The summed E-state index contributed by atoms with van der Waals surface area (Å²) < 4.78 is 1.87. The van der Waals surface area contributed by atoms with Crippen LogP contribution in [0.2, 0.25) is 0 Å². The smallest absolute Gasteiger partial charge is 0.318 e. The largest absolute Gasteiger partial charge is 0.328 e. The molecule has 1 fully saturated rings. The van der Waals surface area contributed by atoms with E-state index in [4.69, 9.17) is 0 Å². The average molecular weight is 371 g/mol. The van der Waals surface area contributed by atoms with Crippen LogP contribution in [0.1, 0.15) is 69.9 Å². The predicted octanol–water partition coefficient (Wildman–Crippen LogP) is 3.69. The van der Waals surface area contributed by atoms with Crippen molar-refractivity contribution in [1.82, 2.24) is 30.0 Å². The van der Waals surface area contributed by atoms with E-state index in [1.807, 2.05) is 34.7 Å². The standard InChI is InChI=1S/C20H30N6O/c1-3-13-26-19(22-15-23-26)16(2)24-20(27)25(18-10-5-4-6-11-18)14-17-9-7-8-12-21-17/h7-9,12,15-16,18H,3-6,10-11,13-14H2,1-2H3,(H,24,27)/t16-/m1/s1. The Hall–Kier alpha value is -2.44. The van der Waals surface area contributed by atoms with E-state index in [0.29, 0.717) is 6.54 Å². The van der Waals surface area contributed by atoms with E-state index in [9.17, 15) is 4.79 Å². The fourth-order valence-corrected chi connectivity index (χ4v) is 3.75. The quantitative estimate of drug-likeness (QED) is 0.806. The zero-order valence-corrected chi connectivity index (χ0v) is 16.3. The van der Waals surface area contributed by atoms with Crippen LogP contribution in [-0.2, 0) is 13.1 Å². The van der Waals surface area contributed by atoms with Gasteiger partial charge in [-0.3, -0.25) is 4.98 Å². The molecule has 1 aliphatic rings. The molecule has 0 bridgehead atoms. The predicted molar refractivity (Wildman–Crippen MR) is 104 cm³/mol. The summed E-state index contributed by atoms with van der Waals surface area (Å²) in [5.74, 6) is 0.798. The molecule has 27 heavy (non-hydrogen) atoms. The zero-order chi connectivity index (χ0) is 19.1. The molecule has 0 spiro atoms. The number of hydrogen-bond acceptors (Lipinski definition) is 4. The molecular formula is C20H30N6O. The number of rotatable bonds is 7. The van der Waals surface area contributed by atoms with Gasteiger partial charge in [0.25, 0.3) is 0 Å². The van der Waals surface area contributed by atoms with E-state index in [-0.39, 0.29) is 18.1 Å². The van der Waals surface area contributed by atoms with Crippen molar-refractivity contribution in [3.05, 3.63) is 42.2 Å². The minimum atomic E-state index is -0.193. The van der Waals surface area contributed by atoms with Crippen LogP contribution in [-0.4, -0.2) is 36.7 Å². The van der Waals surface area contributed by atoms with Crippen molar-refractivity contribution in [2.45, 2.75) is 77.5 Å². The molecule has 2 aromatic rings. The van der Waals surface area contributed by atoms with Crippen LogP contribution in [0.25, 0.3) is 0 Å². The van der Waals surface area contributed by atoms with Crippen molar-refractivity contribution in [3.8, 4) is 0 Å². The van der Waals surface area contributed by atoms with Gasteiger partial charge in [-0.05, 0) is 38.3 Å². The highest BCUT2D eigenvalue weighted by Crippen LogP contribution is 2.24. The maximum atomic E-state index is 13.2. The highest BCUT2D eigenvalue weighted by Gasteiger charge is 2.27. The number of nitrogens with one attached hydrogen (secondary N) is 1. The summed E-state index contributed by atoms with van der Waals surface area (Å²) >= 11 is 0. The van der Waals surface area contributed by atoms with Gasteiger partial charge in [-0.2, -0.15) is 5.10 Å². The Bertz CT molecular complexity index is 710. The number of urea groups is 1. The molecule has 2 heterocycles. The molecule has 0 unspecified atom stereocenters. The molecule has 1 aliphatic carbocycles. The molecule has 146 valence electrons. The molecule has 1 saturated carbocycles. The maximum Gasteiger partial charge on any atom is 0.318 e. The molecule has 1 N–H and O–H groups in total. The first-order valence-corrected chi connectivity index (χ1v) is 10.0. The fraction of sp³-hybridized carbons (Fsp3) is 0.600. The lowest BCUT2D eigenvalue weighted by Crippen LogP contribution is -2.47. The highest BCUT2D eigenvalue weighted by atomic mass is 16.2. The normalized spacial score (nSPS) is 16.1. The van der Waals surface area contributed by atoms with Crippen LogP contribution in [0.3, 0.4) is 0 Å². The van der Waals surface area contributed by atoms with Crippen molar-refractivity contribution >= 4 is 6.03 Å². The zero-order valence-electron chi connectivity index (χ0n) is 16.3. The van der Waals surface area contributed by atoms with Crippen molar-refractivity contribution < 1.29 is 4.79 Å². The van der Waals surface area contributed by atoms with Gasteiger partial charge in [0.2, 0.25) is 0 Å². The molecule has 0 aromatic carbocycles. The Morgan fingerprint density at radius 3 is 2.81 bits per heavy atom. The Kier molecular flexibility index (Phi) is 6.79. The number of carbonyl (C=O) groups excluding carboxylic acids is 1. The first-order chi connectivity index (χ1) is 13.2. The topological polar surface area (TPSA) is 75.9 Å². The lowest BCUT2D eigenvalue weighted by atomic mass is 9.94. The van der Waals surface area contributed by atoms with E-state index < -0.39 is 0 Å². The molecule has 0 saturated heterocycles. The summed E-state index contributed by atoms with van der Waals surface area (Å²) in [6.07, 6.45) is 10.0. The minimum absolute atomic E-state index is 0.0499. The molecule has 0 aliphatic heterocycles. The monoisotopic (exact) mass is 370 g/mol. The first-order valence-electron chi connectivity index (χ1n) is 10.0. The van der Waals surface area contributed by atoms with Gasteiger partial charge in [0, 0.05) is 18.8 Å². The summed E-state index contributed by atoms with van der Waals surface area (Å²) in [5.41, 5.74) is 0.917. The number of pyridine rings is 1. The maximum absolute atomic E-state index is 13.2. The Morgan fingerprint density at radius 2 is 2.11 bits per heavy atom. The van der Waals surface area contributed by atoms with Gasteiger partial charge in [-0.1, -0.05) is 32.3 Å². The van der Waals surface area contributed by atoms with E-state index in [0.717, 1.165) is 37.3 Å². The third-order valence-electron chi connectivity index (χ3n) is 5.14. The summed E-state index contributed by atoms with van der Waals surface area (Å²) in [6, 6.07) is 5.87. The Balaban J connectivity index is 1.72. The lowest BCUT2D eigenvalue weighted by Gasteiger charge is -2.35. The second kappa shape index (κ2) is 9.48. The van der Waals surface area contributed by atoms with Crippen LogP contribution in [0.4, 0.5) is 4.79 Å². The van der Waals surface area contributed by atoms with Gasteiger partial charge in [0.1, 0.15) is 12.2 Å². The summed E-state index contributed by atoms with van der Waals surface area (Å²) in [6.45, 7) is 5.40. The minimum Gasteiger partial charge on any atom is -0.328 e. The van der Waals surface area contributed by atoms with Gasteiger partial charge in [0.05, 0.1) is 18.3 Å². The van der Waals surface area contributed by atoms with Crippen molar-refractivity contribution in [2.75, 3.05) is 0 Å². The summed E-state index contributed by atoms with van der Waals surface area (Å²) in [7, 11) is 0. The molecule has 1 atom stereocenters. The van der Waals surface area contributed by atoms with Gasteiger partial charge < -0.3 is 10.2 Å². The number of amides is 2. The molecule has 2 amide bonds. The van der Waals surface area contributed by atoms with Crippen LogP contribution >= 0.6 is 0 Å². The molecule has 0 radical (unpaired) electrons. The van der Waals surface area contributed by atoms with E-state index in [1.54, 1.807) is 12.5 Å². The second-order valence-corrected chi connectivity index (χ2v) is 7.25. The third kappa shape index (κ3) is 5.05. The van der Waals surface area contributed by atoms with Crippen molar-refractivity contribution in [2.24, 2.45) is 0 Å². The van der Waals surface area contributed by atoms with E-state index in [1.165, 1.54) is 19.3 Å². The molecule has 7 heteroatoms. The summed E-state index contributed by atoms with van der Waals surface area (Å²) in [4.78, 5) is 23.9. The highest BCUT2D eigenvalue weighted by molar-refractivity contribution is 5.75. The van der Waals surface area contributed by atoms with Crippen molar-refractivity contribution in [1.29, 1.82) is 0 Å². The van der Waals surface area contributed by atoms with E-state index in [2.05, 4.69) is 27.3 Å². The molecule has 3 rings (SSSR count). The lowest BCUT2D eigenvalue weighted by molar-refractivity contribution is 0.147. The van der Waals surface area contributed by atoms with Gasteiger partial charge in [0.15, 0.2) is 0 Å². The number of hydrogen-bond donors (Lipinski definition) is 1. The number of carbonyl (C=O) groups is 1. The number of aryl methyl sites for hydroxylation is 1. The summed E-state index contributed by atoms with van der Waals surface area (Å²) in [5, 5.41) is 7.40. The average Bonchev–Trinajstić information content (AvgIpc) is 3.16. The van der Waals surface area contributed by atoms with Gasteiger partial charge >= 0.3 is 6.03 Å². The molecule has 2 aromatic heterocycles.